The second-order valence-corrected chi connectivity index (χ2v) is 8.59. The number of carbonyl (C=O) groups excluding carboxylic acids is 1. The fourth-order valence-electron chi connectivity index (χ4n) is 3.98. The summed E-state index contributed by atoms with van der Waals surface area (Å²) < 4.78 is 5.93. The third-order valence-corrected chi connectivity index (χ3v) is 6.16. The molecule has 4 rings (SSSR count). The first-order valence-corrected chi connectivity index (χ1v) is 11.1. The Morgan fingerprint density at radius 1 is 1.23 bits per heavy atom. The molecule has 162 valence electrons. The lowest BCUT2D eigenvalue weighted by molar-refractivity contribution is -0.123. The van der Waals surface area contributed by atoms with Gasteiger partial charge in [0, 0.05) is 28.4 Å². The fourth-order valence-corrected chi connectivity index (χ4v) is 4.11. The number of hydrogen-bond acceptors (Lipinski definition) is 5. The summed E-state index contributed by atoms with van der Waals surface area (Å²) in [5, 5.41) is 12.3. The molecule has 6 nitrogen and oxygen atoms in total. The number of halogens is 1. The molecule has 3 aromatic rings. The van der Waals surface area contributed by atoms with Crippen LogP contribution in [0.25, 0.3) is 11.5 Å². The van der Waals surface area contributed by atoms with Crippen LogP contribution in [0.5, 0.6) is 0 Å². The van der Waals surface area contributed by atoms with Crippen LogP contribution in [0.15, 0.2) is 52.9 Å². The van der Waals surface area contributed by atoms with E-state index >= 15 is 0 Å². The van der Waals surface area contributed by atoms with Crippen molar-refractivity contribution >= 4 is 23.2 Å². The van der Waals surface area contributed by atoms with E-state index in [-0.39, 0.29) is 23.9 Å². The molecule has 3 unspecified atom stereocenters. The van der Waals surface area contributed by atoms with Gasteiger partial charge in [-0.2, -0.15) is 0 Å². The van der Waals surface area contributed by atoms with Crippen molar-refractivity contribution in [2.75, 3.05) is 4.90 Å². The number of fused-ring (bicyclic) bond motifs is 1. The number of benzene rings is 2. The smallest absolute Gasteiger partial charge is 0.247 e. The minimum atomic E-state index is -0.163. The van der Waals surface area contributed by atoms with Gasteiger partial charge >= 0.3 is 0 Å². The zero-order valence-corrected chi connectivity index (χ0v) is 18.8. The molecular weight excluding hydrogens is 412 g/mol. The Balaban J connectivity index is 1.57. The molecule has 1 aliphatic heterocycles. The molecule has 1 N–H and O–H groups in total. The van der Waals surface area contributed by atoms with Crippen LogP contribution >= 0.6 is 11.6 Å². The summed E-state index contributed by atoms with van der Waals surface area (Å²) in [6, 6.07) is 15.7. The second-order valence-electron chi connectivity index (χ2n) is 8.15. The van der Waals surface area contributed by atoms with Crippen LogP contribution in [-0.4, -0.2) is 28.2 Å². The molecule has 2 heterocycles. The van der Waals surface area contributed by atoms with Crippen molar-refractivity contribution in [3.8, 4) is 11.5 Å². The zero-order chi connectivity index (χ0) is 22.0. The molecule has 0 saturated carbocycles. The Hall–Kier alpha value is -2.86. The molecule has 0 bridgehead atoms. The topological polar surface area (TPSA) is 71.3 Å². The van der Waals surface area contributed by atoms with Gasteiger partial charge in [-0.05, 0) is 62.6 Å². The maximum atomic E-state index is 12.9. The quantitative estimate of drug-likeness (QED) is 0.573. The Morgan fingerprint density at radius 2 is 1.97 bits per heavy atom. The third kappa shape index (κ3) is 4.59. The highest BCUT2D eigenvalue weighted by Crippen LogP contribution is 2.39. The van der Waals surface area contributed by atoms with E-state index in [4.69, 9.17) is 16.0 Å². The van der Waals surface area contributed by atoms with Crippen molar-refractivity contribution in [3.05, 3.63) is 65.0 Å². The maximum Gasteiger partial charge on any atom is 0.247 e. The van der Waals surface area contributed by atoms with Crippen LogP contribution in [-0.2, 0) is 11.3 Å². The number of para-hydroxylation sites is 1. The number of rotatable bonds is 6. The van der Waals surface area contributed by atoms with Gasteiger partial charge in [-0.25, -0.2) is 0 Å². The molecule has 0 spiro atoms. The van der Waals surface area contributed by atoms with Gasteiger partial charge in [0.25, 0.3) is 0 Å². The normalized spacial score (nSPS) is 19.0. The van der Waals surface area contributed by atoms with E-state index in [0.29, 0.717) is 23.3 Å². The van der Waals surface area contributed by atoms with Crippen LogP contribution in [0.4, 0.5) is 5.69 Å². The molecular formula is C24H27ClN4O2. The van der Waals surface area contributed by atoms with Gasteiger partial charge in [-0.15, -0.1) is 10.2 Å². The first-order valence-electron chi connectivity index (χ1n) is 10.7. The van der Waals surface area contributed by atoms with Gasteiger partial charge in [-0.1, -0.05) is 36.7 Å². The Morgan fingerprint density at radius 3 is 2.71 bits per heavy atom. The first-order chi connectivity index (χ1) is 15.0. The molecule has 0 aliphatic carbocycles. The molecule has 1 aromatic heterocycles. The molecule has 0 radical (unpaired) electrons. The predicted octanol–water partition coefficient (Wildman–Crippen LogP) is 5.19. The van der Waals surface area contributed by atoms with E-state index in [0.717, 1.165) is 29.7 Å². The highest BCUT2D eigenvalue weighted by Gasteiger charge is 2.35. The Labute approximate surface area is 187 Å². The molecule has 0 saturated heterocycles. The van der Waals surface area contributed by atoms with E-state index in [1.807, 2.05) is 37.3 Å². The van der Waals surface area contributed by atoms with E-state index in [1.54, 1.807) is 12.1 Å². The zero-order valence-electron chi connectivity index (χ0n) is 18.0. The highest BCUT2D eigenvalue weighted by atomic mass is 35.5. The predicted molar refractivity (Wildman–Crippen MR) is 122 cm³/mol. The number of anilines is 1. The molecule has 3 atom stereocenters. The van der Waals surface area contributed by atoms with Crippen LogP contribution < -0.4 is 10.2 Å². The first kappa shape index (κ1) is 21.4. The van der Waals surface area contributed by atoms with Crippen molar-refractivity contribution in [1.29, 1.82) is 0 Å². The maximum absolute atomic E-state index is 12.9. The number of nitrogens with one attached hydrogen (secondary N) is 1. The lowest BCUT2D eigenvalue weighted by atomic mass is 9.85. The van der Waals surface area contributed by atoms with Gasteiger partial charge < -0.3 is 14.6 Å². The summed E-state index contributed by atoms with van der Waals surface area (Å²) in [6.45, 7) is 6.73. The SMILES string of the molecule is CCC(C)NC(=O)C1CC(C)N(Cc2nnc(-c3ccc(Cl)cc3)o2)c2ccccc21. The van der Waals surface area contributed by atoms with Gasteiger partial charge in [0.15, 0.2) is 0 Å². The fraction of sp³-hybridized carbons (Fsp3) is 0.375. The molecule has 1 amide bonds. The lowest BCUT2D eigenvalue weighted by Gasteiger charge is -2.39. The van der Waals surface area contributed by atoms with Gasteiger partial charge in [0.05, 0.1) is 12.5 Å². The summed E-state index contributed by atoms with van der Waals surface area (Å²) in [5.41, 5.74) is 2.91. The van der Waals surface area contributed by atoms with Crippen molar-refractivity contribution < 1.29 is 9.21 Å². The average Bonchev–Trinajstić information content (AvgIpc) is 3.24. The molecule has 31 heavy (non-hydrogen) atoms. The minimum absolute atomic E-state index is 0.0936. The van der Waals surface area contributed by atoms with E-state index < -0.39 is 0 Å². The third-order valence-electron chi connectivity index (χ3n) is 5.91. The van der Waals surface area contributed by atoms with Crippen molar-refractivity contribution in [1.82, 2.24) is 15.5 Å². The highest BCUT2D eigenvalue weighted by molar-refractivity contribution is 6.30. The Bertz CT molecular complexity index is 1050. The van der Waals surface area contributed by atoms with Crippen molar-refractivity contribution in [3.63, 3.8) is 0 Å². The number of aromatic nitrogens is 2. The van der Waals surface area contributed by atoms with E-state index in [2.05, 4.69) is 40.3 Å². The van der Waals surface area contributed by atoms with Crippen LogP contribution in [0.2, 0.25) is 5.02 Å². The molecule has 7 heteroatoms. The number of amides is 1. The van der Waals surface area contributed by atoms with E-state index in [9.17, 15) is 4.79 Å². The standard InChI is InChI=1S/C24H27ClN4O2/c1-4-15(2)26-23(30)20-13-16(3)29(21-8-6-5-7-19(20)21)14-22-27-28-24(31-22)17-9-11-18(25)12-10-17/h5-12,15-16,20H,4,13-14H2,1-3H3,(H,26,30). The summed E-state index contributed by atoms with van der Waals surface area (Å²) in [5.74, 6) is 0.935. The van der Waals surface area contributed by atoms with E-state index in [1.165, 1.54) is 0 Å². The number of hydrogen-bond donors (Lipinski definition) is 1. The van der Waals surface area contributed by atoms with Crippen LogP contribution in [0, 0.1) is 0 Å². The van der Waals surface area contributed by atoms with Crippen molar-refractivity contribution in [2.24, 2.45) is 0 Å². The monoisotopic (exact) mass is 438 g/mol. The molecule has 2 aromatic carbocycles. The minimum Gasteiger partial charge on any atom is -0.419 e. The van der Waals surface area contributed by atoms with Gasteiger partial charge in [-0.3, -0.25) is 4.79 Å². The van der Waals surface area contributed by atoms with Gasteiger partial charge in [0.2, 0.25) is 17.7 Å². The van der Waals surface area contributed by atoms with Crippen LogP contribution in [0.3, 0.4) is 0 Å². The molecule has 1 aliphatic rings. The Kier molecular flexibility index (Phi) is 6.28. The number of carbonyl (C=O) groups is 1. The second kappa shape index (κ2) is 9.10. The molecule has 0 fully saturated rings. The van der Waals surface area contributed by atoms with Gasteiger partial charge in [0.1, 0.15) is 0 Å². The lowest BCUT2D eigenvalue weighted by Crippen LogP contribution is -2.44. The van der Waals surface area contributed by atoms with Crippen LogP contribution in [0.1, 0.15) is 51.0 Å². The average molecular weight is 439 g/mol. The summed E-state index contributed by atoms with van der Waals surface area (Å²) >= 11 is 5.97. The van der Waals surface area contributed by atoms with Crippen molar-refractivity contribution in [2.45, 2.75) is 58.2 Å². The summed E-state index contributed by atoms with van der Waals surface area (Å²) in [4.78, 5) is 15.2. The summed E-state index contributed by atoms with van der Waals surface area (Å²) in [6.07, 6.45) is 1.65. The summed E-state index contributed by atoms with van der Waals surface area (Å²) in [7, 11) is 0. The largest absolute Gasteiger partial charge is 0.419 e. The number of nitrogens with zero attached hydrogens (tertiary/aromatic N) is 3.